The summed E-state index contributed by atoms with van der Waals surface area (Å²) in [5.74, 6) is 0.822. The summed E-state index contributed by atoms with van der Waals surface area (Å²) in [4.78, 5) is 0. The monoisotopic (exact) mass is 293 g/mol. The molecule has 0 radical (unpaired) electrons. The molecule has 1 aliphatic heterocycles. The van der Waals surface area contributed by atoms with Gasteiger partial charge < -0.3 is 10.5 Å². The lowest BCUT2D eigenvalue weighted by Gasteiger charge is -2.31. The molecule has 2 N–H and O–H groups in total. The molecule has 19 heavy (non-hydrogen) atoms. The van der Waals surface area contributed by atoms with E-state index in [2.05, 4.69) is 0 Å². The zero-order valence-corrected chi connectivity index (χ0v) is 11.7. The van der Waals surface area contributed by atoms with E-state index in [-0.39, 0.29) is 12.1 Å². The SMILES string of the molecule is N[C@H]1CC(c2cc(Cl)ccc2Cl)Oc2ccccc21. The van der Waals surface area contributed by atoms with Gasteiger partial charge in [-0.3, -0.25) is 0 Å². The van der Waals surface area contributed by atoms with E-state index in [1.165, 1.54) is 0 Å². The van der Waals surface area contributed by atoms with Gasteiger partial charge in [0.15, 0.2) is 0 Å². The van der Waals surface area contributed by atoms with Crippen molar-refractivity contribution in [3.8, 4) is 5.75 Å². The molecule has 0 amide bonds. The maximum Gasteiger partial charge on any atom is 0.127 e. The van der Waals surface area contributed by atoms with Crippen LogP contribution < -0.4 is 10.5 Å². The third kappa shape index (κ3) is 2.44. The molecule has 1 unspecified atom stereocenters. The fraction of sp³-hybridized carbons (Fsp3) is 0.200. The molecule has 2 nitrogen and oxygen atoms in total. The van der Waals surface area contributed by atoms with Gasteiger partial charge in [0.25, 0.3) is 0 Å². The topological polar surface area (TPSA) is 35.2 Å². The predicted molar refractivity (Wildman–Crippen MR) is 77.8 cm³/mol. The first-order valence-corrected chi connectivity index (χ1v) is 6.87. The number of hydrogen-bond acceptors (Lipinski definition) is 2. The standard InChI is InChI=1S/C15H13Cl2NO/c16-9-5-6-12(17)11(7-9)15-8-13(18)10-3-1-2-4-14(10)19-15/h1-7,13,15H,8,18H2/t13-,15?/m0/s1. The van der Waals surface area contributed by atoms with Crippen molar-refractivity contribution in [2.24, 2.45) is 5.73 Å². The minimum absolute atomic E-state index is 0.0509. The number of fused-ring (bicyclic) bond motifs is 1. The lowest BCUT2D eigenvalue weighted by atomic mass is 9.93. The van der Waals surface area contributed by atoms with E-state index >= 15 is 0 Å². The van der Waals surface area contributed by atoms with Crippen LogP contribution in [-0.2, 0) is 0 Å². The van der Waals surface area contributed by atoms with Crippen LogP contribution in [0.25, 0.3) is 0 Å². The van der Waals surface area contributed by atoms with Crippen molar-refractivity contribution < 1.29 is 4.74 Å². The van der Waals surface area contributed by atoms with Gasteiger partial charge in [-0.2, -0.15) is 0 Å². The van der Waals surface area contributed by atoms with E-state index in [1.54, 1.807) is 12.1 Å². The van der Waals surface area contributed by atoms with Crippen molar-refractivity contribution in [3.63, 3.8) is 0 Å². The van der Waals surface area contributed by atoms with Crippen LogP contribution in [-0.4, -0.2) is 0 Å². The summed E-state index contributed by atoms with van der Waals surface area (Å²) in [7, 11) is 0. The van der Waals surface area contributed by atoms with E-state index in [0.29, 0.717) is 16.5 Å². The van der Waals surface area contributed by atoms with Crippen LogP contribution in [0.2, 0.25) is 10.0 Å². The van der Waals surface area contributed by atoms with Gasteiger partial charge in [0.05, 0.1) is 0 Å². The molecule has 2 aromatic rings. The number of nitrogens with two attached hydrogens (primary N) is 1. The molecule has 4 heteroatoms. The normalized spacial score (nSPS) is 21.6. The van der Waals surface area contributed by atoms with E-state index in [9.17, 15) is 0 Å². The molecule has 98 valence electrons. The highest BCUT2D eigenvalue weighted by Crippen LogP contribution is 2.41. The zero-order valence-electron chi connectivity index (χ0n) is 10.1. The first kappa shape index (κ1) is 12.8. The first-order valence-electron chi connectivity index (χ1n) is 6.11. The van der Waals surface area contributed by atoms with Gasteiger partial charge in [-0.25, -0.2) is 0 Å². The van der Waals surface area contributed by atoms with Gasteiger partial charge in [0.2, 0.25) is 0 Å². The maximum atomic E-state index is 6.22. The van der Waals surface area contributed by atoms with Gasteiger partial charge in [-0.15, -0.1) is 0 Å². The van der Waals surface area contributed by atoms with E-state index in [0.717, 1.165) is 16.9 Å². The quantitative estimate of drug-likeness (QED) is 0.839. The fourth-order valence-electron chi connectivity index (χ4n) is 2.40. The summed E-state index contributed by atoms with van der Waals surface area (Å²) in [6, 6.07) is 13.2. The predicted octanol–water partition coefficient (Wildman–Crippen LogP) is 4.52. The van der Waals surface area contributed by atoms with Gasteiger partial charge >= 0.3 is 0 Å². The van der Waals surface area contributed by atoms with Crippen molar-refractivity contribution in [1.29, 1.82) is 0 Å². The molecule has 0 fully saturated rings. The maximum absolute atomic E-state index is 6.22. The highest BCUT2D eigenvalue weighted by Gasteiger charge is 2.28. The van der Waals surface area contributed by atoms with Crippen LogP contribution in [0.1, 0.15) is 29.7 Å². The molecule has 3 rings (SSSR count). The highest BCUT2D eigenvalue weighted by molar-refractivity contribution is 6.33. The molecule has 0 aromatic heterocycles. The molecular weight excluding hydrogens is 281 g/mol. The Morgan fingerprint density at radius 1 is 1.05 bits per heavy atom. The Kier molecular flexibility index (Phi) is 3.40. The fourth-order valence-corrected chi connectivity index (χ4v) is 2.82. The average Bonchev–Trinajstić information content (AvgIpc) is 2.41. The first-order chi connectivity index (χ1) is 9.15. The summed E-state index contributed by atoms with van der Waals surface area (Å²) >= 11 is 12.3. The van der Waals surface area contributed by atoms with Crippen LogP contribution in [0, 0.1) is 0 Å². The molecule has 0 bridgehead atoms. The highest BCUT2D eigenvalue weighted by atomic mass is 35.5. The molecule has 0 saturated heterocycles. The van der Waals surface area contributed by atoms with Crippen molar-refractivity contribution >= 4 is 23.2 Å². The van der Waals surface area contributed by atoms with Crippen molar-refractivity contribution in [2.45, 2.75) is 18.6 Å². The van der Waals surface area contributed by atoms with Crippen LogP contribution in [0.3, 0.4) is 0 Å². The second-order valence-electron chi connectivity index (χ2n) is 4.65. The van der Waals surface area contributed by atoms with Crippen molar-refractivity contribution in [2.75, 3.05) is 0 Å². The van der Waals surface area contributed by atoms with E-state index in [1.807, 2.05) is 30.3 Å². The summed E-state index contributed by atoms with van der Waals surface area (Å²) in [6.45, 7) is 0. The number of halogens is 2. The Hall–Kier alpha value is -1.22. The van der Waals surface area contributed by atoms with Crippen molar-refractivity contribution in [3.05, 3.63) is 63.6 Å². The second-order valence-corrected chi connectivity index (χ2v) is 5.50. The molecule has 0 saturated carbocycles. The third-order valence-corrected chi connectivity index (χ3v) is 3.94. The number of ether oxygens (including phenoxy) is 1. The van der Waals surface area contributed by atoms with Crippen LogP contribution in [0.15, 0.2) is 42.5 Å². The lowest BCUT2D eigenvalue weighted by molar-refractivity contribution is 0.161. The van der Waals surface area contributed by atoms with Crippen LogP contribution in [0.4, 0.5) is 0 Å². The third-order valence-electron chi connectivity index (χ3n) is 3.36. The Bertz CT molecular complexity index is 615. The Morgan fingerprint density at radius 3 is 2.68 bits per heavy atom. The van der Waals surface area contributed by atoms with Gasteiger partial charge in [-0.05, 0) is 24.3 Å². The zero-order chi connectivity index (χ0) is 13.4. The molecule has 1 heterocycles. The molecule has 0 aliphatic carbocycles. The molecule has 2 atom stereocenters. The van der Waals surface area contributed by atoms with E-state index in [4.69, 9.17) is 33.7 Å². The Morgan fingerprint density at radius 2 is 1.84 bits per heavy atom. The summed E-state index contributed by atoms with van der Waals surface area (Å²) in [6.07, 6.45) is 0.535. The minimum atomic E-state index is -0.156. The number of hydrogen-bond donors (Lipinski definition) is 1. The lowest BCUT2D eigenvalue weighted by Crippen LogP contribution is -2.24. The molecule has 0 spiro atoms. The Labute approximate surface area is 122 Å². The molecule has 1 aliphatic rings. The second kappa shape index (κ2) is 5.04. The Balaban J connectivity index is 1.99. The van der Waals surface area contributed by atoms with Gasteiger partial charge in [-0.1, -0.05) is 41.4 Å². The molecule has 2 aromatic carbocycles. The molecular formula is C15H13Cl2NO. The number of para-hydroxylation sites is 1. The smallest absolute Gasteiger partial charge is 0.127 e. The largest absolute Gasteiger partial charge is 0.485 e. The summed E-state index contributed by atoms with van der Waals surface area (Å²) < 4.78 is 6.00. The number of rotatable bonds is 1. The van der Waals surface area contributed by atoms with Gasteiger partial charge in [0.1, 0.15) is 11.9 Å². The summed E-state index contributed by atoms with van der Waals surface area (Å²) in [5.41, 5.74) is 8.13. The summed E-state index contributed by atoms with van der Waals surface area (Å²) in [5, 5.41) is 1.30. The van der Waals surface area contributed by atoms with Gasteiger partial charge in [0, 0.05) is 33.6 Å². The number of benzene rings is 2. The van der Waals surface area contributed by atoms with E-state index < -0.39 is 0 Å². The van der Waals surface area contributed by atoms with Crippen LogP contribution in [0.5, 0.6) is 5.75 Å². The van der Waals surface area contributed by atoms with Crippen molar-refractivity contribution in [1.82, 2.24) is 0 Å². The van der Waals surface area contributed by atoms with Crippen LogP contribution >= 0.6 is 23.2 Å². The minimum Gasteiger partial charge on any atom is -0.485 e. The average molecular weight is 294 g/mol.